The third-order valence-corrected chi connectivity index (χ3v) is 4.18. The van der Waals surface area contributed by atoms with Crippen molar-refractivity contribution in [1.82, 2.24) is 4.98 Å². The summed E-state index contributed by atoms with van der Waals surface area (Å²) >= 11 is 0.329. The molecule has 0 saturated heterocycles. The number of para-hydroxylation sites is 1. The zero-order valence-electron chi connectivity index (χ0n) is 12.3. The summed E-state index contributed by atoms with van der Waals surface area (Å²) in [5, 5.41) is 2.80. The van der Waals surface area contributed by atoms with E-state index in [1.165, 1.54) is 6.26 Å². The number of hydrogen-bond donors (Lipinski definition) is 1. The number of carbonyl (C=O) groups excluding carboxylic acids is 1. The molecule has 2 aromatic heterocycles. The predicted molar refractivity (Wildman–Crippen MR) is 81.8 cm³/mol. The molecule has 0 bridgehead atoms. The summed E-state index contributed by atoms with van der Waals surface area (Å²) in [4.78, 5) is 14.4. The van der Waals surface area contributed by atoms with E-state index < -0.39 is 23.3 Å². The van der Waals surface area contributed by atoms with Crippen LogP contribution in [-0.2, 0) is 10.9 Å². The number of fused-ring (bicyclic) bond motifs is 1. The number of benzene rings is 1. The van der Waals surface area contributed by atoms with Crippen molar-refractivity contribution >= 4 is 33.5 Å². The monoisotopic (exact) mass is 356 g/mol. The minimum Gasteiger partial charge on any atom is -0.464 e. The topological polar surface area (TPSA) is 64.4 Å². The molecule has 1 atom stereocenters. The molecule has 1 N–H and O–H groups in total. The molecule has 0 spiro atoms. The molecule has 126 valence electrons. The van der Waals surface area contributed by atoms with Gasteiger partial charge in [0.25, 0.3) is 0 Å². The van der Waals surface area contributed by atoms with Gasteiger partial charge in [-0.1, -0.05) is 29.5 Å². The third-order valence-electron chi connectivity index (χ3n) is 3.23. The van der Waals surface area contributed by atoms with E-state index in [2.05, 4.69) is 10.3 Å². The first kappa shape index (κ1) is 16.3. The highest BCUT2D eigenvalue weighted by Crippen LogP contribution is 2.35. The molecule has 0 saturated carbocycles. The fourth-order valence-corrected chi connectivity index (χ4v) is 2.79. The van der Waals surface area contributed by atoms with Crippen molar-refractivity contribution in [2.24, 2.45) is 0 Å². The number of nitrogens with zero attached hydrogens (tertiary/aromatic N) is 1. The molecule has 0 fully saturated rings. The molecule has 9 heteroatoms. The van der Waals surface area contributed by atoms with E-state index in [1.807, 2.05) is 18.2 Å². The number of carbonyl (C=O) groups is 1. The first-order chi connectivity index (χ1) is 11.3. The second-order valence-electron chi connectivity index (χ2n) is 4.89. The number of hydrogen-bond acceptors (Lipinski definition) is 5. The SMILES string of the molecule is C[C@@H](OC(=O)Nc1ncc(C(F)(F)F)s1)c1coc2ccccc12. The summed E-state index contributed by atoms with van der Waals surface area (Å²) in [5.41, 5.74) is 1.31. The number of aromatic nitrogens is 1. The van der Waals surface area contributed by atoms with E-state index >= 15 is 0 Å². The predicted octanol–water partition coefficient (Wildman–Crippen LogP) is 5.22. The van der Waals surface area contributed by atoms with Crippen LogP contribution in [0.3, 0.4) is 0 Å². The van der Waals surface area contributed by atoms with Crippen LogP contribution in [0.25, 0.3) is 11.0 Å². The van der Waals surface area contributed by atoms with Gasteiger partial charge in [-0.05, 0) is 13.0 Å². The van der Waals surface area contributed by atoms with Crippen molar-refractivity contribution in [3.63, 3.8) is 0 Å². The van der Waals surface area contributed by atoms with Gasteiger partial charge in [-0.25, -0.2) is 9.78 Å². The van der Waals surface area contributed by atoms with Crippen molar-refractivity contribution in [2.45, 2.75) is 19.2 Å². The van der Waals surface area contributed by atoms with E-state index in [4.69, 9.17) is 9.15 Å². The maximum atomic E-state index is 12.5. The number of anilines is 1. The molecule has 24 heavy (non-hydrogen) atoms. The highest BCUT2D eigenvalue weighted by Gasteiger charge is 2.33. The fourth-order valence-electron chi connectivity index (χ4n) is 2.12. The molecule has 0 aliphatic rings. The van der Waals surface area contributed by atoms with Crippen LogP contribution in [0.5, 0.6) is 0 Å². The molecule has 3 rings (SSSR count). The van der Waals surface area contributed by atoms with Crippen LogP contribution in [-0.4, -0.2) is 11.1 Å². The van der Waals surface area contributed by atoms with Gasteiger partial charge < -0.3 is 9.15 Å². The second-order valence-corrected chi connectivity index (χ2v) is 5.92. The number of rotatable bonds is 3. The van der Waals surface area contributed by atoms with Crippen molar-refractivity contribution in [2.75, 3.05) is 5.32 Å². The number of amides is 1. The average molecular weight is 356 g/mol. The van der Waals surface area contributed by atoms with Crippen molar-refractivity contribution in [3.05, 3.63) is 47.2 Å². The van der Waals surface area contributed by atoms with Gasteiger partial charge in [-0.15, -0.1) is 0 Å². The molecule has 0 unspecified atom stereocenters. The number of halogens is 3. The van der Waals surface area contributed by atoms with E-state index in [0.29, 0.717) is 28.7 Å². The summed E-state index contributed by atoms with van der Waals surface area (Å²) in [6.45, 7) is 1.64. The lowest BCUT2D eigenvalue weighted by Gasteiger charge is -2.11. The molecule has 0 aliphatic heterocycles. The maximum absolute atomic E-state index is 12.5. The van der Waals surface area contributed by atoms with Crippen LogP contribution in [0.15, 0.2) is 41.1 Å². The Kier molecular flexibility index (Phi) is 4.18. The van der Waals surface area contributed by atoms with Gasteiger partial charge in [0.15, 0.2) is 5.13 Å². The van der Waals surface area contributed by atoms with Gasteiger partial charge in [0.2, 0.25) is 0 Å². The first-order valence-electron chi connectivity index (χ1n) is 6.81. The summed E-state index contributed by atoms with van der Waals surface area (Å²) in [6.07, 6.45) is -3.89. The molecular weight excluding hydrogens is 345 g/mol. The molecule has 0 aliphatic carbocycles. The van der Waals surface area contributed by atoms with Crippen LogP contribution in [0, 0.1) is 0 Å². The Labute approximate surface area is 138 Å². The van der Waals surface area contributed by atoms with Gasteiger partial charge in [0.05, 0.1) is 12.5 Å². The van der Waals surface area contributed by atoms with Crippen LogP contribution < -0.4 is 5.32 Å². The standard InChI is InChI=1S/C15H11F3N2O3S/c1-8(10-7-22-11-5-3-2-4-9(10)11)23-14(21)20-13-19-6-12(24-13)15(16,17)18/h2-8H,1H3,(H,19,20,21)/t8-/m1/s1. The summed E-state index contributed by atoms with van der Waals surface area (Å²) < 4.78 is 48.0. The largest absolute Gasteiger partial charge is 0.464 e. The second kappa shape index (κ2) is 6.16. The summed E-state index contributed by atoms with van der Waals surface area (Å²) in [7, 11) is 0. The number of nitrogens with one attached hydrogen (secondary N) is 1. The quantitative estimate of drug-likeness (QED) is 0.699. The molecule has 3 aromatic rings. The molecule has 5 nitrogen and oxygen atoms in total. The van der Waals surface area contributed by atoms with E-state index in [1.54, 1.807) is 13.0 Å². The minimum atomic E-state index is -4.50. The number of furan rings is 1. The zero-order chi connectivity index (χ0) is 17.3. The molecular formula is C15H11F3N2O3S. The number of thiazole rings is 1. The Morgan fingerprint density at radius 1 is 1.38 bits per heavy atom. The summed E-state index contributed by atoms with van der Waals surface area (Å²) in [5.74, 6) is 0. The lowest BCUT2D eigenvalue weighted by atomic mass is 10.1. The molecule has 2 heterocycles. The Morgan fingerprint density at radius 2 is 2.12 bits per heavy atom. The van der Waals surface area contributed by atoms with E-state index in [9.17, 15) is 18.0 Å². The van der Waals surface area contributed by atoms with E-state index in [-0.39, 0.29) is 5.13 Å². The average Bonchev–Trinajstić information content (AvgIpc) is 3.12. The first-order valence-corrected chi connectivity index (χ1v) is 7.63. The van der Waals surface area contributed by atoms with Gasteiger partial charge >= 0.3 is 12.3 Å². The van der Waals surface area contributed by atoms with Crippen LogP contribution in [0.2, 0.25) is 0 Å². The van der Waals surface area contributed by atoms with Crippen molar-refractivity contribution in [3.8, 4) is 0 Å². The Balaban J connectivity index is 1.67. The highest BCUT2D eigenvalue weighted by molar-refractivity contribution is 7.15. The van der Waals surface area contributed by atoms with Crippen LogP contribution in [0.4, 0.5) is 23.1 Å². The number of ether oxygens (including phenoxy) is 1. The minimum absolute atomic E-state index is 0.184. The summed E-state index contributed by atoms with van der Waals surface area (Å²) in [6, 6.07) is 7.24. The Morgan fingerprint density at radius 3 is 2.83 bits per heavy atom. The van der Waals surface area contributed by atoms with Crippen molar-refractivity contribution < 1.29 is 27.1 Å². The Hall–Kier alpha value is -2.55. The molecule has 1 amide bonds. The van der Waals surface area contributed by atoms with Gasteiger partial charge in [0, 0.05) is 10.9 Å². The maximum Gasteiger partial charge on any atom is 0.427 e. The molecule has 1 aromatic carbocycles. The van der Waals surface area contributed by atoms with Gasteiger partial charge in [-0.3, -0.25) is 5.32 Å². The lowest BCUT2D eigenvalue weighted by Crippen LogP contribution is -2.15. The lowest BCUT2D eigenvalue weighted by molar-refractivity contribution is -0.134. The normalized spacial score (nSPS) is 13.0. The van der Waals surface area contributed by atoms with Gasteiger partial charge in [0.1, 0.15) is 16.6 Å². The van der Waals surface area contributed by atoms with E-state index in [0.717, 1.165) is 5.39 Å². The van der Waals surface area contributed by atoms with Gasteiger partial charge in [-0.2, -0.15) is 13.2 Å². The van der Waals surface area contributed by atoms with Crippen LogP contribution in [0.1, 0.15) is 23.5 Å². The van der Waals surface area contributed by atoms with Crippen LogP contribution >= 0.6 is 11.3 Å². The smallest absolute Gasteiger partial charge is 0.427 e. The number of alkyl halides is 3. The molecule has 0 radical (unpaired) electrons. The Bertz CT molecular complexity index is 872. The zero-order valence-corrected chi connectivity index (χ0v) is 13.1. The fraction of sp³-hybridized carbons (Fsp3) is 0.200. The third kappa shape index (κ3) is 3.35. The van der Waals surface area contributed by atoms with Crippen molar-refractivity contribution in [1.29, 1.82) is 0 Å². The highest BCUT2D eigenvalue weighted by atomic mass is 32.1.